The first-order valence-electron chi connectivity index (χ1n) is 6.06. The van der Waals surface area contributed by atoms with Gasteiger partial charge in [-0.05, 0) is 25.8 Å². The molecular formula is C10H19N3O3S. The van der Waals surface area contributed by atoms with Gasteiger partial charge >= 0.3 is 0 Å². The summed E-state index contributed by atoms with van der Waals surface area (Å²) in [4.78, 5) is 11.7. The molecule has 2 aliphatic heterocycles. The molecule has 0 bridgehead atoms. The van der Waals surface area contributed by atoms with E-state index in [9.17, 15) is 13.2 Å². The van der Waals surface area contributed by atoms with Gasteiger partial charge in [-0.3, -0.25) is 4.79 Å². The van der Waals surface area contributed by atoms with Crippen molar-refractivity contribution in [3.63, 3.8) is 0 Å². The number of hydrogen-bond acceptors (Lipinski definition) is 4. The maximum atomic E-state index is 11.7. The van der Waals surface area contributed by atoms with Crippen LogP contribution in [0.25, 0.3) is 0 Å². The number of nitrogens with one attached hydrogen (secondary N) is 2. The van der Waals surface area contributed by atoms with Crippen LogP contribution in [0.2, 0.25) is 0 Å². The van der Waals surface area contributed by atoms with E-state index in [1.54, 1.807) is 0 Å². The number of piperidine rings is 1. The fourth-order valence-electron chi connectivity index (χ4n) is 2.28. The van der Waals surface area contributed by atoms with Gasteiger partial charge in [-0.25, -0.2) is 8.42 Å². The van der Waals surface area contributed by atoms with Gasteiger partial charge in [0.2, 0.25) is 15.9 Å². The van der Waals surface area contributed by atoms with Crippen molar-refractivity contribution in [1.29, 1.82) is 0 Å². The highest BCUT2D eigenvalue weighted by Crippen LogP contribution is 2.12. The van der Waals surface area contributed by atoms with Crippen molar-refractivity contribution in [3.05, 3.63) is 0 Å². The molecule has 0 aromatic carbocycles. The average Bonchev–Trinajstić information content (AvgIpc) is 2.59. The number of amides is 1. The number of carbonyl (C=O) groups excluding carboxylic acids is 1. The van der Waals surface area contributed by atoms with E-state index < -0.39 is 10.0 Å². The fourth-order valence-corrected chi connectivity index (χ4v) is 3.75. The van der Waals surface area contributed by atoms with Gasteiger partial charge in [0.15, 0.2) is 0 Å². The van der Waals surface area contributed by atoms with Gasteiger partial charge in [-0.15, -0.1) is 0 Å². The second kappa shape index (κ2) is 5.32. The first kappa shape index (κ1) is 12.8. The average molecular weight is 261 g/mol. The Hall–Kier alpha value is -0.660. The topological polar surface area (TPSA) is 78.5 Å². The van der Waals surface area contributed by atoms with Crippen molar-refractivity contribution in [3.8, 4) is 0 Å². The second-order valence-electron chi connectivity index (χ2n) is 4.61. The predicted octanol–water partition coefficient (Wildman–Crippen LogP) is -1.11. The molecule has 0 aromatic heterocycles. The smallest absolute Gasteiger partial charge is 0.235 e. The molecule has 0 spiro atoms. The molecule has 2 rings (SSSR count). The lowest BCUT2D eigenvalue weighted by molar-refractivity contribution is -0.122. The molecule has 6 nitrogen and oxygen atoms in total. The van der Waals surface area contributed by atoms with Gasteiger partial charge in [0.25, 0.3) is 0 Å². The zero-order valence-corrected chi connectivity index (χ0v) is 10.6. The maximum Gasteiger partial charge on any atom is 0.235 e. The molecule has 0 unspecified atom stereocenters. The van der Waals surface area contributed by atoms with E-state index in [0.717, 1.165) is 25.9 Å². The van der Waals surface area contributed by atoms with Crippen LogP contribution in [0.5, 0.6) is 0 Å². The van der Waals surface area contributed by atoms with Crippen molar-refractivity contribution in [1.82, 2.24) is 14.9 Å². The fraction of sp³-hybridized carbons (Fsp3) is 0.900. The Balaban J connectivity index is 1.80. The molecule has 2 fully saturated rings. The lowest BCUT2D eigenvalue weighted by Crippen LogP contribution is -2.48. The van der Waals surface area contributed by atoms with Crippen molar-refractivity contribution < 1.29 is 13.2 Å². The highest BCUT2D eigenvalue weighted by atomic mass is 32.2. The lowest BCUT2D eigenvalue weighted by atomic mass is 10.1. The lowest BCUT2D eigenvalue weighted by Gasteiger charge is -2.24. The van der Waals surface area contributed by atoms with Crippen LogP contribution in [-0.2, 0) is 14.8 Å². The minimum absolute atomic E-state index is 0.0289. The number of carbonyl (C=O) groups is 1. The van der Waals surface area contributed by atoms with E-state index in [0.29, 0.717) is 13.0 Å². The van der Waals surface area contributed by atoms with Crippen molar-refractivity contribution in [2.24, 2.45) is 0 Å². The summed E-state index contributed by atoms with van der Waals surface area (Å²) in [6.07, 6.45) is 2.64. The van der Waals surface area contributed by atoms with Crippen LogP contribution in [0.4, 0.5) is 0 Å². The van der Waals surface area contributed by atoms with Gasteiger partial charge in [0, 0.05) is 19.1 Å². The Morgan fingerprint density at radius 1 is 1.41 bits per heavy atom. The van der Waals surface area contributed by atoms with E-state index in [2.05, 4.69) is 10.6 Å². The second-order valence-corrected chi connectivity index (χ2v) is 6.70. The number of hydrogen-bond donors (Lipinski definition) is 2. The number of rotatable bonds is 3. The van der Waals surface area contributed by atoms with E-state index in [1.807, 2.05) is 0 Å². The van der Waals surface area contributed by atoms with E-state index in [1.165, 1.54) is 4.31 Å². The van der Waals surface area contributed by atoms with Gasteiger partial charge in [0.05, 0.1) is 12.3 Å². The van der Waals surface area contributed by atoms with Crippen molar-refractivity contribution in [2.45, 2.75) is 25.3 Å². The summed E-state index contributed by atoms with van der Waals surface area (Å²) < 4.78 is 24.3. The molecule has 0 saturated carbocycles. The largest absolute Gasteiger partial charge is 0.351 e. The van der Waals surface area contributed by atoms with Gasteiger partial charge in [-0.1, -0.05) is 0 Å². The first-order chi connectivity index (χ1) is 8.08. The molecule has 98 valence electrons. The summed E-state index contributed by atoms with van der Waals surface area (Å²) in [5.74, 6) is -0.0187. The standard InChI is InChI=1S/C10H19N3O3S/c14-10(12-9-3-1-4-11-7-9)8-13-5-2-6-17(13,15)16/h9,11H,1-8H2,(H,12,14)/t9-/m0/s1. The molecular weight excluding hydrogens is 242 g/mol. The molecule has 2 N–H and O–H groups in total. The molecule has 1 atom stereocenters. The molecule has 2 aliphatic rings. The summed E-state index contributed by atoms with van der Waals surface area (Å²) in [5, 5.41) is 6.08. The Morgan fingerprint density at radius 3 is 2.82 bits per heavy atom. The summed E-state index contributed by atoms with van der Waals surface area (Å²) in [5.41, 5.74) is 0. The SMILES string of the molecule is O=C(CN1CCCS1(=O)=O)N[C@H]1CCCNC1. The summed E-state index contributed by atoms with van der Waals surface area (Å²) in [6.45, 7) is 2.21. The van der Waals surface area contributed by atoms with Crippen molar-refractivity contribution in [2.75, 3.05) is 31.9 Å². The van der Waals surface area contributed by atoms with Crippen molar-refractivity contribution >= 4 is 15.9 Å². The first-order valence-corrected chi connectivity index (χ1v) is 7.67. The third-order valence-electron chi connectivity index (χ3n) is 3.19. The molecule has 2 saturated heterocycles. The molecule has 0 radical (unpaired) electrons. The maximum absolute atomic E-state index is 11.7. The normalized spacial score (nSPS) is 29.1. The molecule has 1 amide bonds. The minimum atomic E-state index is -3.17. The Morgan fingerprint density at radius 2 is 2.24 bits per heavy atom. The summed E-state index contributed by atoms with van der Waals surface area (Å²) in [6, 6.07) is 0.140. The zero-order valence-electron chi connectivity index (χ0n) is 9.81. The zero-order chi connectivity index (χ0) is 12.3. The minimum Gasteiger partial charge on any atom is -0.351 e. The molecule has 0 aliphatic carbocycles. The van der Waals surface area contributed by atoms with E-state index >= 15 is 0 Å². The Kier molecular flexibility index (Phi) is 4.01. The Labute approximate surface area is 102 Å². The molecule has 17 heavy (non-hydrogen) atoms. The van der Waals surface area contributed by atoms with Crippen LogP contribution in [0.3, 0.4) is 0 Å². The summed E-state index contributed by atoms with van der Waals surface area (Å²) >= 11 is 0. The van der Waals surface area contributed by atoms with Gasteiger partial charge < -0.3 is 10.6 Å². The number of sulfonamides is 1. The van der Waals surface area contributed by atoms with Gasteiger partial charge in [0.1, 0.15) is 0 Å². The van der Waals surface area contributed by atoms with E-state index in [-0.39, 0.29) is 24.2 Å². The highest BCUT2D eigenvalue weighted by Gasteiger charge is 2.30. The van der Waals surface area contributed by atoms with Gasteiger partial charge in [-0.2, -0.15) is 4.31 Å². The summed E-state index contributed by atoms with van der Waals surface area (Å²) in [7, 11) is -3.17. The van der Waals surface area contributed by atoms with Crippen LogP contribution >= 0.6 is 0 Å². The highest BCUT2D eigenvalue weighted by molar-refractivity contribution is 7.89. The molecule has 0 aromatic rings. The monoisotopic (exact) mass is 261 g/mol. The third kappa shape index (κ3) is 3.40. The van der Waals surface area contributed by atoms with Crippen LogP contribution < -0.4 is 10.6 Å². The molecule has 7 heteroatoms. The van der Waals surface area contributed by atoms with Crippen LogP contribution in [0.1, 0.15) is 19.3 Å². The quantitative estimate of drug-likeness (QED) is 0.675. The third-order valence-corrected chi connectivity index (χ3v) is 5.09. The van der Waals surface area contributed by atoms with Crippen LogP contribution in [-0.4, -0.2) is 56.6 Å². The van der Waals surface area contributed by atoms with Crippen LogP contribution in [0.15, 0.2) is 0 Å². The molecule has 2 heterocycles. The predicted molar refractivity (Wildman–Crippen MR) is 64.0 cm³/mol. The van der Waals surface area contributed by atoms with E-state index in [4.69, 9.17) is 0 Å². The Bertz CT molecular complexity index is 376. The van der Waals surface area contributed by atoms with Crippen LogP contribution in [0, 0.1) is 0 Å². The number of nitrogens with zero attached hydrogens (tertiary/aromatic N) is 1.